The van der Waals surface area contributed by atoms with E-state index < -0.39 is 11.9 Å². The van der Waals surface area contributed by atoms with Crippen LogP contribution in [0.15, 0.2) is 42.5 Å². The van der Waals surface area contributed by atoms with Gasteiger partial charge in [0.2, 0.25) is 0 Å². The molecule has 0 heterocycles. The molecule has 2 rings (SSSR count). The summed E-state index contributed by atoms with van der Waals surface area (Å²) in [6.45, 7) is 2.61. The van der Waals surface area contributed by atoms with Crippen LogP contribution in [-0.2, 0) is 0 Å². The van der Waals surface area contributed by atoms with Gasteiger partial charge in [-0.15, -0.1) is 0 Å². The smallest absolute Gasteiger partial charge is 0.257 e. The van der Waals surface area contributed by atoms with Crippen molar-refractivity contribution in [1.29, 1.82) is 0 Å². The zero-order valence-electron chi connectivity index (χ0n) is 14.9. The summed E-state index contributed by atoms with van der Waals surface area (Å²) in [6, 6.07) is 10.8. The van der Waals surface area contributed by atoms with Gasteiger partial charge in [-0.3, -0.25) is 10.1 Å². The Labute approximate surface area is 162 Å². The summed E-state index contributed by atoms with van der Waals surface area (Å²) in [5.41, 5.74) is 0.654. The molecule has 0 saturated carbocycles. The molecule has 2 N–H and O–H groups in total. The van der Waals surface area contributed by atoms with Gasteiger partial charge in [-0.2, -0.15) is 0 Å². The van der Waals surface area contributed by atoms with Gasteiger partial charge in [-0.25, -0.2) is 0 Å². The van der Waals surface area contributed by atoms with Gasteiger partial charge in [0.1, 0.15) is 11.5 Å². The minimum Gasteiger partial charge on any atom is -0.545 e. The number of carbonyl (C=O) groups excluding carboxylic acids is 2. The largest absolute Gasteiger partial charge is 0.545 e. The molecule has 7 nitrogen and oxygen atoms in total. The number of benzene rings is 2. The highest BCUT2D eigenvalue weighted by Gasteiger charge is 2.11. The molecular formula is C19H19N2O5S-. The van der Waals surface area contributed by atoms with Crippen LogP contribution < -0.4 is 25.2 Å². The summed E-state index contributed by atoms with van der Waals surface area (Å²) in [7, 11) is 1.43. The van der Waals surface area contributed by atoms with Crippen molar-refractivity contribution in [2.45, 2.75) is 13.3 Å². The Balaban J connectivity index is 2.03. The van der Waals surface area contributed by atoms with E-state index in [0.717, 1.165) is 6.42 Å². The number of hydrogen-bond donors (Lipinski definition) is 2. The molecule has 0 aliphatic rings. The Hall–Kier alpha value is -3.13. The number of methoxy groups -OCH3 is 1. The number of thiocarbonyl (C=S) groups is 1. The second kappa shape index (κ2) is 9.54. The van der Waals surface area contributed by atoms with Crippen molar-refractivity contribution in [3.05, 3.63) is 53.6 Å². The molecule has 2 aromatic rings. The van der Waals surface area contributed by atoms with Gasteiger partial charge < -0.3 is 24.7 Å². The Kier molecular flexibility index (Phi) is 7.13. The van der Waals surface area contributed by atoms with Gasteiger partial charge >= 0.3 is 0 Å². The van der Waals surface area contributed by atoms with Gasteiger partial charge in [-0.05, 0) is 66.7 Å². The van der Waals surface area contributed by atoms with Gasteiger partial charge in [0.05, 0.1) is 25.4 Å². The first kappa shape index (κ1) is 20.2. The van der Waals surface area contributed by atoms with Crippen molar-refractivity contribution in [2.24, 2.45) is 0 Å². The molecule has 0 bridgehead atoms. The first-order chi connectivity index (χ1) is 12.9. The van der Waals surface area contributed by atoms with E-state index in [-0.39, 0.29) is 10.7 Å². The molecule has 0 saturated heterocycles. The first-order valence-corrected chi connectivity index (χ1v) is 8.60. The van der Waals surface area contributed by atoms with Crippen molar-refractivity contribution in [3.8, 4) is 11.5 Å². The lowest BCUT2D eigenvalue weighted by atomic mass is 10.2. The van der Waals surface area contributed by atoms with E-state index in [4.69, 9.17) is 21.7 Å². The zero-order chi connectivity index (χ0) is 19.8. The summed E-state index contributed by atoms with van der Waals surface area (Å²) in [4.78, 5) is 23.3. The summed E-state index contributed by atoms with van der Waals surface area (Å²) in [5, 5.41) is 16.3. The van der Waals surface area contributed by atoms with Gasteiger partial charge in [0.25, 0.3) is 5.91 Å². The topological polar surface area (TPSA) is 99.7 Å². The van der Waals surface area contributed by atoms with Crippen LogP contribution in [0.3, 0.4) is 0 Å². The molecule has 0 atom stereocenters. The number of ether oxygens (including phenoxy) is 2. The SMILES string of the molecule is CCCOc1ccc(C(=O)NC(=S)Nc2cc(C(=O)[O-])ccc2OC)cc1. The lowest BCUT2D eigenvalue weighted by molar-refractivity contribution is -0.255. The average molecular weight is 387 g/mol. The third-order valence-electron chi connectivity index (χ3n) is 3.50. The van der Waals surface area contributed by atoms with E-state index in [1.54, 1.807) is 24.3 Å². The molecule has 0 spiro atoms. The van der Waals surface area contributed by atoms with Gasteiger partial charge in [0.15, 0.2) is 5.11 Å². The normalized spacial score (nSPS) is 10.0. The van der Waals surface area contributed by atoms with Crippen LogP contribution in [0.4, 0.5) is 5.69 Å². The van der Waals surface area contributed by atoms with Crippen molar-refractivity contribution in [1.82, 2.24) is 5.32 Å². The minimum absolute atomic E-state index is 0.0000995. The van der Waals surface area contributed by atoms with E-state index in [1.807, 2.05) is 6.92 Å². The maximum Gasteiger partial charge on any atom is 0.257 e. The average Bonchev–Trinajstić information content (AvgIpc) is 2.66. The standard InChI is InChI=1S/C19H20N2O5S/c1-3-10-26-14-7-4-12(5-8-14)17(22)21-19(27)20-15-11-13(18(23)24)6-9-16(15)25-2/h4-9,11H,3,10H2,1-2H3,(H,23,24)(H2,20,21,22,27)/p-1. The van der Waals surface area contributed by atoms with Crippen LogP contribution in [0.25, 0.3) is 0 Å². The van der Waals surface area contributed by atoms with E-state index >= 15 is 0 Å². The third-order valence-corrected chi connectivity index (χ3v) is 3.70. The molecule has 0 radical (unpaired) electrons. The molecule has 0 unspecified atom stereocenters. The van der Waals surface area contributed by atoms with Crippen molar-refractivity contribution in [2.75, 3.05) is 19.0 Å². The Morgan fingerprint density at radius 2 is 1.78 bits per heavy atom. The van der Waals surface area contributed by atoms with Crippen LogP contribution in [0.2, 0.25) is 0 Å². The summed E-state index contributed by atoms with van der Waals surface area (Å²) >= 11 is 5.13. The fraction of sp³-hybridized carbons (Fsp3) is 0.211. The molecule has 1 amide bonds. The molecule has 0 fully saturated rings. The second-order valence-corrected chi connectivity index (χ2v) is 5.89. The van der Waals surface area contributed by atoms with Gasteiger partial charge in [-0.1, -0.05) is 6.92 Å². The van der Waals surface area contributed by atoms with Crippen molar-refractivity contribution >= 4 is 34.9 Å². The predicted molar refractivity (Wildman–Crippen MR) is 103 cm³/mol. The van der Waals surface area contributed by atoms with E-state index in [2.05, 4.69) is 10.6 Å². The van der Waals surface area contributed by atoms with E-state index in [9.17, 15) is 14.7 Å². The number of carbonyl (C=O) groups is 2. The zero-order valence-corrected chi connectivity index (χ0v) is 15.7. The highest BCUT2D eigenvalue weighted by Crippen LogP contribution is 2.25. The number of amides is 1. The maximum absolute atomic E-state index is 12.3. The maximum atomic E-state index is 12.3. The molecule has 2 aromatic carbocycles. The quantitative estimate of drug-likeness (QED) is 0.701. The molecule has 0 aromatic heterocycles. The predicted octanol–water partition coefficient (Wildman–Crippen LogP) is 1.97. The number of aromatic carboxylic acids is 1. The van der Waals surface area contributed by atoms with Gasteiger partial charge in [0, 0.05) is 5.56 Å². The summed E-state index contributed by atoms with van der Waals surface area (Å²) < 4.78 is 10.6. The van der Waals surface area contributed by atoms with Crippen LogP contribution in [0.1, 0.15) is 34.1 Å². The Morgan fingerprint density at radius 1 is 1.11 bits per heavy atom. The molecule has 0 aliphatic heterocycles. The Morgan fingerprint density at radius 3 is 2.37 bits per heavy atom. The number of rotatable bonds is 7. The highest BCUT2D eigenvalue weighted by atomic mass is 32.1. The number of nitrogens with one attached hydrogen (secondary N) is 2. The van der Waals surface area contributed by atoms with Crippen LogP contribution >= 0.6 is 12.2 Å². The fourth-order valence-electron chi connectivity index (χ4n) is 2.18. The van der Waals surface area contributed by atoms with Crippen molar-refractivity contribution < 1.29 is 24.2 Å². The van der Waals surface area contributed by atoms with E-state index in [1.165, 1.54) is 25.3 Å². The second-order valence-electron chi connectivity index (χ2n) is 5.48. The van der Waals surface area contributed by atoms with Crippen LogP contribution in [0, 0.1) is 0 Å². The third kappa shape index (κ3) is 5.68. The minimum atomic E-state index is -1.33. The lowest BCUT2D eigenvalue weighted by Gasteiger charge is -2.14. The Bertz CT molecular complexity index is 836. The monoisotopic (exact) mass is 387 g/mol. The molecule has 0 aliphatic carbocycles. The molecule has 142 valence electrons. The van der Waals surface area contributed by atoms with Crippen LogP contribution in [0.5, 0.6) is 11.5 Å². The fourth-order valence-corrected chi connectivity index (χ4v) is 2.39. The van der Waals surface area contributed by atoms with E-state index in [0.29, 0.717) is 29.4 Å². The van der Waals surface area contributed by atoms with Crippen molar-refractivity contribution in [3.63, 3.8) is 0 Å². The van der Waals surface area contributed by atoms with Crippen LogP contribution in [-0.4, -0.2) is 30.7 Å². The number of anilines is 1. The number of hydrogen-bond acceptors (Lipinski definition) is 6. The number of carboxylic acids is 1. The first-order valence-electron chi connectivity index (χ1n) is 8.19. The highest BCUT2D eigenvalue weighted by molar-refractivity contribution is 7.80. The molecule has 27 heavy (non-hydrogen) atoms. The molecular weight excluding hydrogens is 368 g/mol. The number of carboxylic acid groups (broad SMARTS) is 1. The molecule has 8 heteroatoms. The lowest BCUT2D eigenvalue weighted by Crippen LogP contribution is -2.34. The summed E-state index contributed by atoms with van der Waals surface area (Å²) in [6.07, 6.45) is 0.894. The summed E-state index contributed by atoms with van der Waals surface area (Å²) in [5.74, 6) is -0.697.